The first-order valence-corrected chi connectivity index (χ1v) is 6.06. The zero-order valence-corrected chi connectivity index (χ0v) is 10.3. The van der Waals surface area contributed by atoms with Gasteiger partial charge in [0.2, 0.25) is 11.1 Å². The van der Waals surface area contributed by atoms with Crippen molar-refractivity contribution in [2.75, 3.05) is 0 Å². The molecule has 2 aromatic rings. The molecule has 0 bridgehead atoms. The number of hydrogen-bond acceptors (Lipinski definition) is 2. The third kappa shape index (κ3) is 2.22. The zero-order valence-electron chi connectivity index (χ0n) is 7.90. The van der Waals surface area contributed by atoms with Gasteiger partial charge >= 0.3 is 6.18 Å². The quantitative estimate of drug-likeness (QED) is 0.819. The van der Waals surface area contributed by atoms with E-state index in [9.17, 15) is 17.4 Å². The van der Waals surface area contributed by atoms with Gasteiger partial charge in [0.25, 0.3) is 0 Å². The first-order chi connectivity index (χ1) is 7.80. The molecule has 0 amide bonds. The molecule has 1 N–H and O–H groups in total. The van der Waals surface area contributed by atoms with Gasteiger partial charge in [0.05, 0.1) is 5.56 Å². The van der Waals surface area contributed by atoms with Gasteiger partial charge < -0.3 is 4.55 Å². The van der Waals surface area contributed by atoms with Crippen LogP contribution in [0.2, 0.25) is 0 Å². The minimum Gasteiger partial charge on any atom is -0.301 e. The van der Waals surface area contributed by atoms with Gasteiger partial charge in [-0.25, -0.2) is 9.19 Å². The number of nitrogens with zero attached hydrogens (tertiary/aromatic N) is 2. The molecule has 0 aromatic carbocycles. The van der Waals surface area contributed by atoms with E-state index in [1.807, 2.05) is 0 Å². The van der Waals surface area contributed by atoms with Crippen molar-refractivity contribution in [2.24, 2.45) is 0 Å². The summed E-state index contributed by atoms with van der Waals surface area (Å²) < 4.78 is 58.4. The van der Waals surface area contributed by atoms with Crippen molar-refractivity contribution < 1.29 is 21.9 Å². The van der Waals surface area contributed by atoms with Crippen molar-refractivity contribution in [3.63, 3.8) is 0 Å². The van der Waals surface area contributed by atoms with E-state index in [1.54, 1.807) is 0 Å². The Hall–Kier alpha value is -0.930. The highest BCUT2D eigenvalue weighted by atomic mass is 79.9. The summed E-state index contributed by atoms with van der Waals surface area (Å²) in [6.45, 7) is 0. The van der Waals surface area contributed by atoms with Crippen LogP contribution in [0.4, 0.5) is 13.2 Å². The third-order valence-corrected chi connectivity index (χ3v) is 3.56. The van der Waals surface area contributed by atoms with Crippen molar-refractivity contribution in [3.05, 3.63) is 28.5 Å². The number of halogens is 4. The molecule has 0 fully saturated rings. The Bertz CT molecular complexity index is 611. The fraction of sp³-hybridized carbons (Fsp3) is 0.125. The number of aromatic nitrogens is 2. The number of alkyl halides is 3. The maximum atomic E-state index is 12.5. The van der Waals surface area contributed by atoms with E-state index in [0.717, 1.165) is 22.7 Å². The predicted octanol–water partition coefficient (Wildman–Crippen LogP) is 2.70. The van der Waals surface area contributed by atoms with Crippen molar-refractivity contribution in [1.29, 1.82) is 0 Å². The largest absolute Gasteiger partial charge is 0.417 e. The lowest BCUT2D eigenvalue weighted by atomic mass is 10.3. The second kappa shape index (κ2) is 4.07. The molecule has 0 radical (unpaired) electrons. The standard InChI is InChI=1S/C8H4BrF3N2O2S/c9-6-7(17(15)16)14-3-4(8(10,11)12)1-2-5(14)13-6/h1-3H,(H,15,16). The van der Waals surface area contributed by atoms with Crippen LogP contribution in [0.15, 0.2) is 28.0 Å². The van der Waals surface area contributed by atoms with E-state index in [1.165, 1.54) is 0 Å². The fourth-order valence-corrected chi connectivity index (χ4v) is 2.61. The van der Waals surface area contributed by atoms with Crippen molar-refractivity contribution in [2.45, 2.75) is 11.2 Å². The van der Waals surface area contributed by atoms with Crippen LogP contribution in [-0.2, 0) is 17.3 Å². The summed E-state index contributed by atoms with van der Waals surface area (Å²) in [4.78, 5) is 3.82. The Morgan fingerprint density at radius 2 is 2.06 bits per heavy atom. The van der Waals surface area contributed by atoms with Gasteiger partial charge in [-0.2, -0.15) is 13.2 Å². The summed E-state index contributed by atoms with van der Waals surface area (Å²) in [5, 5.41) is -0.230. The molecule has 2 heterocycles. The topological polar surface area (TPSA) is 54.6 Å². The van der Waals surface area contributed by atoms with Crippen LogP contribution in [0.5, 0.6) is 0 Å². The maximum Gasteiger partial charge on any atom is 0.417 e. The molecule has 4 nitrogen and oxygen atoms in total. The average molecular weight is 329 g/mol. The van der Waals surface area contributed by atoms with Crippen molar-refractivity contribution >= 4 is 32.7 Å². The zero-order chi connectivity index (χ0) is 12.8. The summed E-state index contributed by atoms with van der Waals surface area (Å²) in [7, 11) is 0. The smallest absolute Gasteiger partial charge is 0.301 e. The van der Waals surface area contributed by atoms with Crippen molar-refractivity contribution in [3.8, 4) is 0 Å². The van der Waals surface area contributed by atoms with Gasteiger partial charge in [0.1, 0.15) is 10.3 Å². The summed E-state index contributed by atoms with van der Waals surface area (Å²) >= 11 is 0.486. The molecule has 2 aromatic heterocycles. The first kappa shape index (κ1) is 12.5. The predicted molar refractivity (Wildman–Crippen MR) is 56.9 cm³/mol. The highest BCUT2D eigenvalue weighted by molar-refractivity contribution is 9.10. The van der Waals surface area contributed by atoms with E-state index in [2.05, 4.69) is 20.9 Å². The van der Waals surface area contributed by atoms with E-state index in [4.69, 9.17) is 4.55 Å². The molecular formula is C8H4BrF3N2O2S. The molecule has 17 heavy (non-hydrogen) atoms. The molecule has 0 spiro atoms. The minimum atomic E-state index is -4.51. The Balaban J connectivity index is 2.75. The van der Waals surface area contributed by atoms with E-state index < -0.39 is 22.8 Å². The van der Waals surface area contributed by atoms with Crippen LogP contribution >= 0.6 is 15.9 Å². The second-order valence-corrected chi connectivity index (χ2v) is 4.74. The molecular weight excluding hydrogens is 325 g/mol. The van der Waals surface area contributed by atoms with Gasteiger partial charge in [0, 0.05) is 6.20 Å². The normalized spacial score (nSPS) is 14.2. The molecule has 0 aliphatic heterocycles. The van der Waals surface area contributed by atoms with Crippen LogP contribution in [-0.4, -0.2) is 18.1 Å². The van der Waals surface area contributed by atoms with Gasteiger partial charge in [-0.15, -0.1) is 0 Å². The first-order valence-electron chi connectivity index (χ1n) is 4.16. The molecule has 0 saturated carbocycles. The summed E-state index contributed by atoms with van der Waals surface area (Å²) in [5.74, 6) is 0. The fourth-order valence-electron chi connectivity index (χ4n) is 1.32. The van der Waals surface area contributed by atoms with Gasteiger partial charge in [-0.05, 0) is 28.1 Å². The van der Waals surface area contributed by atoms with E-state index in [-0.39, 0.29) is 15.3 Å². The number of hydrogen-bond donors (Lipinski definition) is 1. The van der Waals surface area contributed by atoms with E-state index in [0.29, 0.717) is 0 Å². The Morgan fingerprint density at radius 1 is 1.41 bits per heavy atom. The van der Waals surface area contributed by atoms with Crippen LogP contribution in [0.25, 0.3) is 5.65 Å². The maximum absolute atomic E-state index is 12.5. The lowest BCUT2D eigenvalue weighted by Crippen LogP contribution is -2.07. The van der Waals surface area contributed by atoms with Gasteiger partial charge in [-0.1, -0.05) is 0 Å². The Morgan fingerprint density at radius 3 is 2.59 bits per heavy atom. The highest BCUT2D eigenvalue weighted by Gasteiger charge is 2.31. The molecule has 0 saturated heterocycles. The molecule has 1 unspecified atom stereocenters. The summed E-state index contributed by atoms with van der Waals surface area (Å²) in [5.41, 5.74) is -0.760. The molecule has 1 atom stereocenters. The highest BCUT2D eigenvalue weighted by Crippen LogP contribution is 2.30. The lowest BCUT2D eigenvalue weighted by Gasteiger charge is -2.07. The van der Waals surface area contributed by atoms with Crippen LogP contribution in [0.1, 0.15) is 5.56 Å². The summed E-state index contributed by atoms with van der Waals surface area (Å²) in [6, 6.07) is 1.99. The minimum absolute atomic E-state index is 0.0395. The van der Waals surface area contributed by atoms with Crippen LogP contribution in [0.3, 0.4) is 0 Å². The summed E-state index contributed by atoms with van der Waals surface area (Å²) in [6.07, 6.45) is -3.78. The molecule has 9 heteroatoms. The molecule has 92 valence electrons. The number of pyridine rings is 1. The van der Waals surface area contributed by atoms with Crippen molar-refractivity contribution in [1.82, 2.24) is 9.38 Å². The monoisotopic (exact) mass is 328 g/mol. The lowest BCUT2D eigenvalue weighted by molar-refractivity contribution is -0.137. The Kier molecular flexibility index (Phi) is 3.00. The number of rotatable bonds is 1. The number of fused-ring (bicyclic) bond motifs is 1. The molecule has 2 rings (SSSR count). The average Bonchev–Trinajstić information content (AvgIpc) is 2.50. The second-order valence-electron chi connectivity index (χ2n) is 3.10. The van der Waals surface area contributed by atoms with E-state index >= 15 is 0 Å². The van der Waals surface area contributed by atoms with Crippen LogP contribution in [0, 0.1) is 0 Å². The van der Waals surface area contributed by atoms with Gasteiger partial charge in [-0.3, -0.25) is 4.40 Å². The molecule has 0 aliphatic rings. The molecule has 0 aliphatic carbocycles. The third-order valence-electron chi connectivity index (χ3n) is 2.03. The number of imidazole rings is 1. The van der Waals surface area contributed by atoms with Gasteiger partial charge in [0.15, 0.2) is 5.03 Å². The van der Waals surface area contributed by atoms with Crippen LogP contribution < -0.4 is 0 Å². The Labute approximate surface area is 104 Å². The SMILES string of the molecule is O=S(O)c1c(Br)nc2ccc(C(F)(F)F)cn12.